The lowest BCUT2D eigenvalue weighted by atomic mass is 9.76. The van der Waals surface area contributed by atoms with E-state index < -0.39 is 67.4 Å². The van der Waals surface area contributed by atoms with Gasteiger partial charge in [0.05, 0.1) is 6.20 Å². The van der Waals surface area contributed by atoms with Crippen molar-refractivity contribution in [3.8, 4) is 5.75 Å². The van der Waals surface area contributed by atoms with Crippen LogP contribution < -0.4 is 15.8 Å². The molecule has 0 spiro atoms. The first-order valence-electron chi connectivity index (χ1n) is 10.0. The number of carbonyl (C=O) groups is 1. The molecule has 1 aliphatic heterocycles. The van der Waals surface area contributed by atoms with Gasteiger partial charge in [0.1, 0.15) is 35.6 Å². The van der Waals surface area contributed by atoms with Gasteiger partial charge in [-0.1, -0.05) is 0 Å². The Morgan fingerprint density at radius 2 is 2.03 bits per heavy atom. The van der Waals surface area contributed by atoms with E-state index in [1.165, 1.54) is 6.07 Å². The highest BCUT2D eigenvalue weighted by molar-refractivity contribution is 6.02. The number of halogens is 6. The number of nitrogens with zero attached hydrogens (tertiary/aromatic N) is 2. The second kappa shape index (κ2) is 8.69. The minimum Gasteiger partial charge on any atom is -0.461 e. The van der Waals surface area contributed by atoms with Crippen LogP contribution in [0.15, 0.2) is 41.5 Å². The predicted molar refractivity (Wildman–Crippen MR) is 107 cm³/mol. The molecular weight excluding hydrogens is 470 g/mol. The third-order valence-corrected chi connectivity index (χ3v) is 5.75. The van der Waals surface area contributed by atoms with Crippen LogP contribution in [0.1, 0.15) is 28.9 Å². The summed E-state index contributed by atoms with van der Waals surface area (Å²) in [6.07, 6.45) is -1.76. The zero-order valence-corrected chi connectivity index (χ0v) is 17.3. The Morgan fingerprint density at radius 3 is 2.68 bits per heavy atom. The first-order valence-corrected chi connectivity index (χ1v) is 10.0. The highest BCUT2D eigenvalue weighted by Crippen LogP contribution is 2.53. The number of fused-ring (bicyclic) bond motifs is 1. The molecule has 1 aromatic carbocycles. The van der Waals surface area contributed by atoms with Gasteiger partial charge in [-0.3, -0.25) is 4.79 Å². The van der Waals surface area contributed by atoms with Gasteiger partial charge in [0.2, 0.25) is 0 Å². The maximum atomic E-state index is 14.9. The van der Waals surface area contributed by atoms with Gasteiger partial charge < -0.3 is 20.5 Å². The van der Waals surface area contributed by atoms with Gasteiger partial charge in [0.15, 0.2) is 0 Å². The van der Waals surface area contributed by atoms with Crippen molar-refractivity contribution in [2.24, 2.45) is 16.6 Å². The van der Waals surface area contributed by atoms with Crippen LogP contribution in [0, 0.1) is 11.7 Å². The van der Waals surface area contributed by atoms with Crippen molar-refractivity contribution in [3.05, 3.63) is 53.6 Å². The number of rotatable bonds is 6. The number of ether oxygens (including phenoxy) is 2. The summed E-state index contributed by atoms with van der Waals surface area (Å²) in [5.74, 6) is -6.38. The van der Waals surface area contributed by atoms with Crippen LogP contribution in [-0.4, -0.2) is 42.2 Å². The van der Waals surface area contributed by atoms with E-state index in [1.54, 1.807) is 0 Å². The third-order valence-electron chi connectivity index (χ3n) is 5.75. The van der Waals surface area contributed by atoms with Gasteiger partial charge in [-0.15, -0.1) is 0 Å². The Bertz CT molecular complexity index is 1110. The molecule has 2 aliphatic rings. The minimum atomic E-state index is -3.18. The maximum Gasteiger partial charge on any atom is 0.387 e. The van der Waals surface area contributed by atoms with Crippen molar-refractivity contribution in [1.29, 1.82) is 0 Å². The average Bonchev–Trinajstić information content (AvgIpc) is 3.08. The molecule has 0 radical (unpaired) electrons. The number of amidine groups is 1. The topological polar surface area (TPSA) is 98.8 Å². The number of hydrogen-bond acceptors (Lipinski definition) is 6. The molecule has 7 nitrogen and oxygen atoms in total. The van der Waals surface area contributed by atoms with Crippen LogP contribution in [0.4, 0.5) is 32.0 Å². The molecule has 1 aliphatic carbocycles. The number of nitrogens with two attached hydrogens (primary N) is 1. The Balaban J connectivity index is 1.64. The van der Waals surface area contributed by atoms with Gasteiger partial charge >= 0.3 is 6.61 Å². The summed E-state index contributed by atoms with van der Waals surface area (Å²) in [4.78, 5) is 20.1. The summed E-state index contributed by atoms with van der Waals surface area (Å²) in [5, 5.41) is 2.41. The van der Waals surface area contributed by atoms with E-state index in [2.05, 4.69) is 20.0 Å². The van der Waals surface area contributed by atoms with Crippen molar-refractivity contribution in [3.63, 3.8) is 0 Å². The predicted octanol–water partition coefficient (Wildman–Crippen LogP) is 4.00. The van der Waals surface area contributed by atoms with E-state index in [0.29, 0.717) is 0 Å². The monoisotopic (exact) mass is 488 g/mol. The number of benzene rings is 1. The quantitative estimate of drug-likeness (QED) is 0.599. The van der Waals surface area contributed by atoms with Crippen molar-refractivity contribution >= 4 is 17.6 Å². The number of carbonyl (C=O) groups excluding carboxylic acids is 1. The molecule has 1 saturated carbocycles. The highest BCUT2D eigenvalue weighted by Gasteiger charge is 2.60. The first kappa shape index (κ1) is 23.6. The fourth-order valence-electron chi connectivity index (χ4n) is 4.31. The fraction of sp³-hybridized carbons (Fsp3) is 0.381. The summed E-state index contributed by atoms with van der Waals surface area (Å²) in [6, 6.07) is 4.86. The molecule has 4 rings (SSSR count). The van der Waals surface area contributed by atoms with Crippen LogP contribution in [-0.2, 0) is 10.3 Å². The molecule has 2 heterocycles. The van der Waals surface area contributed by atoms with Crippen molar-refractivity contribution in [2.45, 2.75) is 37.0 Å². The van der Waals surface area contributed by atoms with Crippen LogP contribution in [0.25, 0.3) is 0 Å². The number of nitrogens with one attached hydrogen (secondary N) is 1. The zero-order chi connectivity index (χ0) is 24.7. The average molecular weight is 488 g/mol. The summed E-state index contributed by atoms with van der Waals surface area (Å²) in [7, 11) is 0. The standard InChI is InChI=1S/C21H18F6N4O3/c22-9-21(13-6-20(26,27)7-16(13)34-19(28)31-21)12-5-10(1-3-14(12)23)30-17(32)15-4-2-11(8-29-15)33-18(24)25/h1-5,8,13,16,18H,6-7,9H2,(H2,28,31)(H,30,32)/t13-,16+,21+/m0/s1. The van der Waals surface area contributed by atoms with Crippen LogP contribution in [0.5, 0.6) is 5.75 Å². The van der Waals surface area contributed by atoms with Gasteiger partial charge in [0, 0.05) is 30.0 Å². The lowest BCUT2D eigenvalue weighted by Gasteiger charge is -2.40. The molecule has 0 bridgehead atoms. The van der Waals surface area contributed by atoms with Crippen LogP contribution in [0.2, 0.25) is 0 Å². The van der Waals surface area contributed by atoms with Crippen molar-refractivity contribution < 1.29 is 40.6 Å². The number of alkyl halides is 5. The highest BCUT2D eigenvalue weighted by atomic mass is 19.3. The molecule has 2 aromatic rings. The fourth-order valence-corrected chi connectivity index (χ4v) is 4.31. The van der Waals surface area contributed by atoms with Crippen LogP contribution in [0.3, 0.4) is 0 Å². The minimum absolute atomic E-state index is 0.00879. The Morgan fingerprint density at radius 1 is 1.26 bits per heavy atom. The van der Waals surface area contributed by atoms with Gasteiger partial charge in [-0.2, -0.15) is 8.78 Å². The van der Waals surface area contributed by atoms with E-state index in [1.807, 2.05) is 0 Å². The second-order valence-corrected chi connectivity index (χ2v) is 7.94. The smallest absolute Gasteiger partial charge is 0.387 e. The van der Waals surface area contributed by atoms with E-state index in [-0.39, 0.29) is 22.7 Å². The lowest BCUT2D eigenvalue weighted by molar-refractivity contribution is -0.0500. The van der Waals surface area contributed by atoms with Gasteiger partial charge in [-0.25, -0.2) is 27.5 Å². The second-order valence-electron chi connectivity index (χ2n) is 7.94. The Kier molecular flexibility index (Phi) is 6.04. The number of pyridine rings is 1. The molecule has 34 heavy (non-hydrogen) atoms. The van der Waals surface area contributed by atoms with E-state index >= 15 is 0 Å². The molecule has 0 unspecified atom stereocenters. The summed E-state index contributed by atoms with van der Waals surface area (Å²) in [5.41, 5.74) is 2.97. The molecule has 1 fully saturated rings. The summed E-state index contributed by atoms with van der Waals surface area (Å²) in [6.45, 7) is -4.40. The molecule has 3 N–H and O–H groups in total. The summed E-state index contributed by atoms with van der Waals surface area (Å²) >= 11 is 0. The van der Waals surface area contributed by atoms with Crippen molar-refractivity contribution in [2.75, 3.05) is 12.0 Å². The number of aromatic nitrogens is 1. The lowest BCUT2D eigenvalue weighted by Crippen LogP contribution is -2.48. The van der Waals surface area contributed by atoms with Crippen molar-refractivity contribution in [1.82, 2.24) is 4.98 Å². The molecule has 1 aromatic heterocycles. The van der Waals surface area contributed by atoms with E-state index in [4.69, 9.17) is 10.5 Å². The molecule has 3 atom stereocenters. The largest absolute Gasteiger partial charge is 0.461 e. The molecule has 182 valence electrons. The maximum absolute atomic E-state index is 14.9. The van der Waals surface area contributed by atoms with E-state index in [9.17, 15) is 31.1 Å². The SMILES string of the molecule is NC1=N[C@](CF)(c2cc(NC(=O)c3ccc(OC(F)F)cn3)ccc2F)[C@H]2CC(F)(F)C[C@H]2O1. The molecule has 1 amide bonds. The zero-order valence-electron chi connectivity index (χ0n) is 17.3. The summed E-state index contributed by atoms with van der Waals surface area (Å²) < 4.78 is 91.4. The van der Waals surface area contributed by atoms with Gasteiger partial charge in [0.25, 0.3) is 17.9 Å². The number of aliphatic imine (C=N–C) groups is 1. The molecular formula is C21H18F6N4O3. The first-order chi connectivity index (χ1) is 16.0. The third kappa shape index (κ3) is 4.46. The van der Waals surface area contributed by atoms with Crippen LogP contribution >= 0.6 is 0 Å². The van der Waals surface area contributed by atoms with Gasteiger partial charge in [-0.05, 0) is 30.3 Å². The normalized spacial score (nSPS) is 25.3. The Hall–Kier alpha value is -3.51. The number of hydrogen-bond donors (Lipinski definition) is 2. The number of amides is 1. The van der Waals surface area contributed by atoms with E-state index in [0.717, 1.165) is 30.5 Å². The molecule has 0 saturated heterocycles. The molecule has 13 heteroatoms. The Labute approximate surface area is 189 Å². The number of anilines is 1.